The number of para-hydroxylation sites is 2. The lowest BCUT2D eigenvalue weighted by molar-refractivity contribution is 0.319. The van der Waals surface area contributed by atoms with E-state index in [2.05, 4.69) is 10.1 Å². The van der Waals surface area contributed by atoms with Crippen LogP contribution in [0.1, 0.15) is 12.7 Å². The van der Waals surface area contributed by atoms with Crippen molar-refractivity contribution in [3.63, 3.8) is 0 Å². The van der Waals surface area contributed by atoms with Crippen LogP contribution in [0, 0.1) is 11.3 Å². The first-order valence-corrected chi connectivity index (χ1v) is 4.89. The molecule has 0 fully saturated rings. The predicted molar refractivity (Wildman–Crippen MR) is 59.3 cm³/mol. The van der Waals surface area contributed by atoms with Gasteiger partial charge in [0.05, 0.1) is 11.0 Å². The molecule has 1 aromatic carbocycles. The average molecular weight is 214 g/mol. The number of nitrogens with zero attached hydrogens (tertiary/aromatic N) is 4. The van der Waals surface area contributed by atoms with Crippen molar-refractivity contribution in [1.82, 2.24) is 9.55 Å². The van der Waals surface area contributed by atoms with Crippen LogP contribution >= 0.6 is 0 Å². The zero-order valence-corrected chi connectivity index (χ0v) is 8.75. The van der Waals surface area contributed by atoms with Gasteiger partial charge in [0.15, 0.2) is 5.82 Å². The fourth-order valence-electron chi connectivity index (χ4n) is 1.69. The molecule has 0 saturated carbocycles. The van der Waals surface area contributed by atoms with Crippen LogP contribution in [0.3, 0.4) is 0 Å². The zero-order valence-electron chi connectivity index (χ0n) is 8.75. The summed E-state index contributed by atoms with van der Waals surface area (Å²) in [4.78, 5) is 4.28. The van der Waals surface area contributed by atoms with Crippen LogP contribution in [0.4, 0.5) is 0 Å². The Labute approximate surface area is 92.2 Å². The Bertz CT molecular complexity index is 592. The van der Waals surface area contributed by atoms with Crippen molar-refractivity contribution in [3.8, 4) is 6.07 Å². The molecule has 2 rings (SSSR count). The molecule has 0 saturated heterocycles. The molecule has 5 heteroatoms. The highest BCUT2D eigenvalue weighted by atomic mass is 16.4. The summed E-state index contributed by atoms with van der Waals surface area (Å²) in [5.41, 5.74) is 1.64. The van der Waals surface area contributed by atoms with E-state index in [1.165, 1.54) is 0 Å². The van der Waals surface area contributed by atoms with Crippen molar-refractivity contribution in [2.24, 2.45) is 5.16 Å². The Morgan fingerprint density at radius 2 is 2.31 bits per heavy atom. The lowest BCUT2D eigenvalue weighted by atomic mass is 10.3. The normalized spacial score (nSPS) is 11.6. The molecule has 0 aliphatic carbocycles. The standard InChI is InChI=1S/C11H10N4O/c1-2-15-10-6-4-3-5-8(10)13-11(15)9(7-12)14-16/h3-6,16H,2H2,1H3/b14-9+. The van der Waals surface area contributed by atoms with Gasteiger partial charge < -0.3 is 9.77 Å². The number of nitriles is 1. The third-order valence-electron chi connectivity index (χ3n) is 2.39. The van der Waals surface area contributed by atoms with Gasteiger partial charge in [0.1, 0.15) is 6.07 Å². The third-order valence-corrected chi connectivity index (χ3v) is 2.39. The van der Waals surface area contributed by atoms with E-state index in [1.54, 1.807) is 0 Å². The van der Waals surface area contributed by atoms with Crippen molar-refractivity contribution < 1.29 is 5.21 Å². The Balaban J connectivity index is 2.76. The van der Waals surface area contributed by atoms with E-state index < -0.39 is 0 Å². The summed E-state index contributed by atoms with van der Waals surface area (Å²) >= 11 is 0. The molecular formula is C11H10N4O. The summed E-state index contributed by atoms with van der Waals surface area (Å²) in [6, 6.07) is 9.38. The number of aromatic nitrogens is 2. The average Bonchev–Trinajstić information content (AvgIpc) is 2.69. The Morgan fingerprint density at radius 1 is 1.56 bits per heavy atom. The smallest absolute Gasteiger partial charge is 0.222 e. The van der Waals surface area contributed by atoms with Gasteiger partial charge >= 0.3 is 0 Å². The number of aryl methyl sites for hydroxylation is 1. The maximum Gasteiger partial charge on any atom is 0.222 e. The second kappa shape index (κ2) is 4.03. The molecule has 0 bridgehead atoms. The van der Waals surface area contributed by atoms with Gasteiger partial charge in [0.25, 0.3) is 0 Å². The summed E-state index contributed by atoms with van der Waals surface area (Å²) in [6.45, 7) is 2.61. The van der Waals surface area contributed by atoms with Gasteiger partial charge in [-0.1, -0.05) is 17.3 Å². The molecule has 0 aliphatic rings. The molecule has 80 valence electrons. The minimum absolute atomic E-state index is 0.0713. The number of oxime groups is 1. The maximum absolute atomic E-state index is 8.83. The van der Waals surface area contributed by atoms with Crippen LogP contribution in [0.2, 0.25) is 0 Å². The highest BCUT2D eigenvalue weighted by Gasteiger charge is 2.14. The van der Waals surface area contributed by atoms with Crippen LogP contribution in [0.15, 0.2) is 29.4 Å². The Kier molecular flexibility index (Phi) is 2.56. The number of imidazole rings is 1. The van der Waals surface area contributed by atoms with E-state index in [9.17, 15) is 0 Å². The molecule has 16 heavy (non-hydrogen) atoms. The lowest BCUT2D eigenvalue weighted by Gasteiger charge is -2.02. The first-order valence-electron chi connectivity index (χ1n) is 4.89. The summed E-state index contributed by atoms with van der Waals surface area (Å²) in [6.07, 6.45) is 0. The van der Waals surface area contributed by atoms with Crippen LogP contribution in [0.5, 0.6) is 0 Å². The number of hydrogen-bond acceptors (Lipinski definition) is 4. The molecule has 0 spiro atoms. The van der Waals surface area contributed by atoms with Crippen molar-refractivity contribution in [1.29, 1.82) is 5.26 Å². The van der Waals surface area contributed by atoms with Crippen LogP contribution in [-0.2, 0) is 6.54 Å². The van der Waals surface area contributed by atoms with Gasteiger partial charge in [-0.2, -0.15) is 5.26 Å². The van der Waals surface area contributed by atoms with E-state index >= 15 is 0 Å². The molecule has 1 N–H and O–H groups in total. The van der Waals surface area contributed by atoms with E-state index in [0.29, 0.717) is 12.4 Å². The predicted octanol–water partition coefficient (Wildman–Crippen LogP) is 1.76. The van der Waals surface area contributed by atoms with Crippen LogP contribution < -0.4 is 0 Å². The van der Waals surface area contributed by atoms with Gasteiger partial charge in [-0.05, 0) is 19.1 Å². The van der Waals surface area contributed by atoms with Crippen LogP contribution in [0.25, 0.3) is 11.0 Å². The molecule has 0 aliphatic heterocycles. The first-order chi connectivity index (χ1) is 7.81. The second-order valence-corrected chi connectivity index (χ2v) is 3.23. The highest BCUT2D eigenvalue weighted by Crippen LogP contribution is 2.16. The molecule has 0 radical (unpaired) electrons. The minimum atomic E-state index is -0.0713. The molecule has 0 atom stereocenters. The van der Waals surface area contributed by atoms with Crippen molar-refractivity contribution in [2.45, 2.75) is 13.5 Å². The summed E-state index contributed by atoms with van der Waals surface area (Å²) in [7, 11) is 0. The SMILES string of the molecule is CCn1c(/C(C#N)=N/O)nc2ccccc21. The molecule has 5 nitrogen and oxygen atoms in total. The van der Waals surface area contributed by atoms with E-state index in [1.807, 2.05) is 41.8 Å². The summed E-state index contributed by atoms with van der Waals surface area (Å²) < 4.78 is 1.84. The molecule has 0 amide bonds. The fraction of sp³-hybridized carbons (Fsp3) is 0.182. The Morgan fingerprint density at radius 3 is 2.94 bits per heavy atom. The third kappa shape index (κ3) is 1.41. The Hall–Kier alpha value is -2.35. The number of rotatable bonds is 2. The van der Waals surface area contributed by atoms with E-state index in [0.717, 1.165) is 11.0 Å². The topological polar surface area (TPSA) is 74.2 Å². The summed E-state index contributed by atoms with van der Waals surface area (Å²) in [5, 5.41) is 20.5. The van der Waals surface area contributed by atoms with Gasteiger partial charge in [-0.3, -0.25) is 0 Å². The van der Waals surface area contributed by atoms with Gasteiger partial charge in [-0.25, -0.2) is 4.98 Å². The zero-order chi connectivity index (χ0) is 11.5. The highest BCUT2D eigenvalue weighted by molar-refractivity contribution is 6.10. The molecular weight excluding hydrogens is 204 g/mol. The fourth-order valence-corrected chi connectivity index (χ4v) is 1.69. The second-order valence-electron chi connectivity index (χ2n) is 3.23. The monoisotopic (exact) mass is 214 g/mol. The number of benzene rings is 1. The van der Waals surface area contributed by atoms with Crippen molar-refractivity contribution >= 4 is 16.7 Å². The quantitative estimate of drug-likeness (QED) is 0.470. The van der Waals surface area contributed by atoms with Gasteiger partial charge in [-0.15, -0.1) is 0 Å². The number of hydrogen-bond donors (Lipinski definition) is 1. The number of fused-ring (bicyclic) bond motifs is 1. The van der Waals surface area contributed by atoms with Crippen molar-refractivity contribution in [3.05, 3.63) is 30.1 Å². The largest absolute Gasteiger partial charge is 0.410 e. The maximum atomic E-state index is 8.83. The molecule has 1 aromatic heterocycles. The van der Waals surface area contributed by atoms with Crippen molar-refractivity contribution in [2.75, 3.05) is 0 Å². The van der Waals surface area contributed by atoms with Crippen LogP contribution in [-0.4, -0.2) is 20.5 Å². The van der Waals surface area contributed by atoms with E-state index in [-0.39, 0.29) is 5.71 Å². The molecule has 2 aromatic rings. The van der Waals surface area contributed by atoms with Gasteiger partial charge in [0.2, 0.25) is 5.71 Å². The lowest BCUT2D eigenvalue weighted by Crippen LogP contribution is -2.08. The van der Waals surface area contributed by atoms with E-state index in [4.69, 9.17) is 10.5 Å². The minimum Gasteiger partial charge on any atom is -0.410 e. The van der Waals surface area contributed by atoms with Gasteiger partial charge in [0, 0.05) is 6.54 Å². The first kappa shape index (κ1) is 10.2. The molecule has 0 unspecified atom stereocenters. The summed E-state index contributed by atoms with van der Waals surface area (Å²) in [5.74, 6) is 0.397. The molecule has 1 heterocycles.